The van der Waals surface area contributed by atoms with Gasteiger partial charge >= 0.3 is 11.9 Å². The molecule has 1 aromatic carbocycles. The molecule has 0 saturated carbocycles. The molecule has 1 rings (SSSR count). The van der Waals surface area contributed by atoms with Gasteiger partial charge in [0.15, 0.2) is 0 Å². The summed E-state index contributed by atoms with van der Waals surface area (Å²) in [4.78, 5) is 9.41. The summed E-state index contributed by atoms with van der Waals surface area (Å²) in [5.74, 6) is 0. The lowest BCUT2D eigenvalue weighted by molar-refractivity contribution is -0.395. The first-order valence-corrected chi connectivity index (χ1v) is 3.50. The number of nitro benzene ring substituents is 1. The highest BCUT2D eigenvalue weighted by Crippen LogP contribution is 2.33. The summed E-state index contributed by atoms with van der Waals surface area (Å²) in [5, 5.41) is 10.3. The summed E-state index contributed by atoms with van der Waals surface area (Å²) in [5.41, 5.74) is 1.55. The molecule has 0 aliphatic carbocycles. The Hall–Kier alpha value is -1.63. The largest absolute Gasteiger partial charge is 0.416 e. The van der Waals surface area contributed by atoms with Crippen LogP contribution in [0, 0.1) is 10.1 Å². The number of halogens is 3. The average Bonchev–Trinajstić information content (AvgIpc) is 2.02. The van der Waals surface area contributed by atoms with Crippen LogP contribution < -0.4 is 5.73 Å². The Kier molecular flexibility index (Phi) is 2.43. The van der Waals surface area contributed by atoms with Gasteiger partial charge in [-0.15, -0.1) is 0 Å². The van der Waals surface area contributed by atoms with Gasteiger partial charge in [0.05, 0.1) is 10.5 Å². The van der Waals surface area contributed by atoms with Crippen molar-refractivity contribution < 1.29 is 23.8 Å². The van der Waals surface area contributed by atoms with E-state index in [1.807, 2.05) is 0 Å². The first-order chi connectivity index (χ1) is 6.32. The molecule has 0 heterocycles. The Bertz CT molecular complexity index is 376. The fourth-order valence-corrected chi connectivity index (χ4v) is 0.910. The van der Waals surface area contributed by atoms with Gasteiger partial charge in [-0.2, -0.15) is 13.2 Å². The topological polar surface area (TPSA) is 70.8 Å². The quantitative estimate of drug-likeness (QED) is 0.559. The van der Waals surface area contributed by atoms with E-state index in [0.717, 1.165) is 12.1 Å². The third-order valence-electron chi connectivity index (χ3n) is 1.61. The van der Waals surface area contributed by atoms with Crippen molar-refractivity contribution in [3.05, 3.63) is 33.9 Å². The van der Waals surface area contributed by atoms with Crippen LogP contribution in [0.2, 0.25) is 0 Å². The monoisotopic (exact) mass is 207 g/mol. The first-order valence-electron chi connectivity index (χ1n) is 3.50. The predicted molar refractivity (Wildman–Crippen MR) is 40.6 cm³/mol. The van der Waals surface area contributed by atoms with Gasteiger partial charge in [0, 0.05) is 12.1 Å². The van der Waals surface area contributed by atoms with Gasteiger partial charge in [0.25, 0.3) is 0 Å². The second-order valence-electron chi connectivity index (χ2n) is 2.60. The van der Waals surface area contributed by atoms with E-state index in [9.17, 15) is 23.3 Å². The van der Waals surface area contributed by atoms with E-state index in [0.29, 0.717) is 6.07 Å². The highest BCUT2D eigenvalue weighted by Gasteiger charge is 2.33. The van der Waals surface area contributed by atoms with Crippen molar-refractivity contribution in [1.29, 1.82) is 0 Å². The molecule has 0 fully saturated rings. The van der Waals surface area contributed by atoms with Gasteiger partial charge < -0.3 is 5.73 Å². The maximum absolute atomic E-state index is 12.1. The van der Waals surface area contributed by atoms with E-state index >= 15 is 0 Å². The molecule has 0 aromatic heterocycles. The molecule has 0 saturated heterocycles. The molecule has 0 aliphatic rings. The van der Waals surface area contributed by atoms with E-state index in [1.165, 1.54) is 0 Å². The molecule has 76 valence electrons. The maximum atomic E-state index is 12.1. The average molecular weight is 207 g/mol. The SMILES string of the molecule is [NH3+]c1ccc(C(F)(F)F)cc1[N+](=O)[O-]. The number of benzene rings is 1. The van der Waals surface area contributed by atoms with Gasteiger partial charge in [-0.3, -0.25) is 10.1 Å². The molecule has 4 nitrogen and oxygen atoms in total. The van der Waals surface area contributed by atoms with E-state index in [4.69, 9.17) is 0 Å². The zero-order valence-electron chi connectivity index (χ0n) is 6.84. The summed E-state index contributed by atoms with van der Waals surface area (Å²) >= 11 is 0. The third-order valence-corrected chi connectivity index (χ3v) is 1.61. The van der Waals surface area contributed by atoms with Gasteiger partial charge in [-0.1, -0.05) is 0 Å². The number of nitro groups is 1. The second kappa shape index (κ2) is 3.26. The number of rotatable bonds is 1. The minimum Gasteiger partial charge on any atom is -0.319 e. The van der Waals surface area contributed by atoms with Crippen LogP contribution in [-0.4, -0.2) is 4.92 Å². The Morgan fingerprint density at radius 3 is 2.36 bits per heavy atom. The fraction of sp³-hybridized carbons (Fsp3) is 0.143. The number of nitrogens with zero attached hydrogens (tertiary/aromatic N) is 1. The van der Waals surface area contributed by atoms with Gasteiger partial charge in [0.1, 0.15) is 0 Å². The molecule has 0 radical (unpaired) electrons. The van der Waals surface area contributed by atoms with Crippen LogP contribution in [0.5, 0.6) is 0 Å². The molecule has 3 N–H and O–H groups in total. The predicted octanol–water partition coefficient (Wildman–Crippen LogP) is 1.49. The van der Waals surface area contributed by atoms with Crippen molar-refractivity contribution in [2.45, 2.75) is 6.18 Å². The number of hydrogen-bond acceptors (Lipinski definition) is 2. The summed E-state index contributed by atoms with van der Waals surface area (Å²) in [6.07, 6.45) is -4.57. The van der Waals surface area contributed by atoms with E-state index in [1.54, 1.807) is 0 Å². The number of quaternary nitrogens is 1. The molecule has 7 heteroatoms. The Balaban J connectivity index is 3.27. The molecule has 0 bridgehead atoms. The molecule has 0 atom stereocenters. The Morgan fingerprint density at radius 1 is 1.36 bits per heavy atom. The van der Waals surface area contributed by atoms with Crippen molar-refractivity contribution in [3.63, 3.8) is 0 Å². The van der Waals surface area contributed by atoms with Crippen LogP contribution in [0.15, 0.2) is 18.2 Å². The van der Waals surface area contributed by atoms with Gasteiger partial charge in [-0.05, 0) is 6.07 Å². The summed E-state index contributed by atoms with van der Waals surface area (Å²) in [6, 6.07) is 2.21. The van der Waals surface area contributed by atoms with Crippen molar-refractivity contribution >= 4 is 11.4 Å². The van der Waals surface area contributed by atoms with Gasteiger partial charge in [-0.25, -0.2) is 0 Å². The third kappa shape index (κ3) is 1.99. The van der Waals surface area contributed by atoms with Crippen LogP contribution in [0.4, 0.5) is 24.5 Å². The normalized spacial score (nSPS) is 11.4. The van der Waals surface area contributed by atoms with E-state index in [-0.39, 0.29) is 5.69 Å². The molecule has 0 spiro atoms. The van der Waals surface area contributed by atoms with Crippen LogP contribution in [0.1, 0.15) is 5.56 Å². The Labute approximate surface area is 76.3 Å². The fourth-order valence-electron chi connectivity index (χ4n) is 0.910. The minimum absolute atomic E-state index is 0.0389. The highest BCUT2D eigenvalue weighted by atomic mass is 19.4. The molecular formula is C7H6F3N2O2+. The van der Waals surface area contributed by atoms with Gasteiger partial charge in [0.2, 0.25) is 5.69 Å². The van der Waals surface area contributed by atoms with Crippen molar-refractivity contribution in [1.82, 2.24) is 0 Å². The molecule has 0 unspecified atom stereocenters. The highest BCUT2D eigenvalue weighted by molar-refractivity contribution is 5.53. The van der Waals surface area contributed by atoms with Crippen LogP contribution >= 0.6 is 0 Å². The molecule has 0 aliphatic heterocycles. The lowest BCUT2D eigenvalue weighted by Gasteiger charge is -2.05. The minimum atomic E-state index is -4.57. The Morgan fingerprint density at radius 2 is 1.93 bits per heavy atom. The molecule has 0 amide bonds. The number of hydrogen-bond donors (Lipinski definition) is 1. The second-order valence-corrected chi connectivity index (χ2v) is 2.60. The zero-order chi connectivity index (χ0) is 10.9. The number of alkyl halides is 3. The smallest absolute Gasteiger partial charge is 0.319 e. The van der Waals surface area contributed by atoms with Crippen LogP contribution in [0.25, 0.3) is 0 Å². The zero-order valence-corrected chi connectivity index (χ0v) is 6.84. The van der Waals surface area contributed by atoms with Crippen molar-refractivity contribution in [2.75, 3.05) is 0 Å². The lowest BCUT2D eigenvalue weighted by atomic mass is 10.1. The first kappa shape index (κ1) is 10.5. The lowest BCUT2D eigenvalue weighted by Crippen LogP contribution is -2.41. The standard InChI is InChI=1S/C7H5F3N2O2/c8-7(9,10)4-1-2-5(11)6(3-4)12(13)14/h1-3H,11H2/p+1. The summed E-state index contributed by atoms with van der Waals surface area (Å²) < 4.78 is 36.4. The summed E-state index contributed by atoms with van der Waals surface area (Å²) in [6.45, 7) is 0. The molecular weight excluding hydrogens is 201 g/mol. The molecule has 1 aromatic rings. The molecule has 14 heavy (non-hydrogen) atoms. The van der Waals surface area contributed by atoms with E-state index in [2.05, 4.69) is 5.73 Å². The summed E-state index contributed by atoms with van der Waals surface area (Å²) in [7, 11) is 0. The van der Waals surface area contributed by atoms with Crippen LogP contribution in [-0.2, 0) is 6.18 Å². The van der Waals surface area contributed by atoms with Crippen molar-refractivity contribution in [3.8, 4) is 0 Å². The van der Waals surface area contributed by atoms with Crippen LogP contribution in [0.3, 0.4) is 0 Å². The van der Waals surface area contributed by atoms with E-state index < -0.39 is 22.4 Å². The maximum Gasteiger partial charge on any atom is 0.416 e. The van der Waals surface area contributed by atoms with Crippen molar-refractivity contribution in [2.24, 2.45) is 0 Å².